The van der Waals surface area contributed by atoms with Crippen molar-refractivity contribution in [3.8, 4) is 0 Å². The summed E-state index contributed by atoms with van der Waals surface area (Å²) in [5.41, 5.74) is 3.33. The van der Waals surface area contributed by atoms with Crippen molar-refractivity contribution in [2.24, 2.45) is 0 Å². The molecule has 3 heteroatoms. The molecule has 0 aromatic heterocycles. The summed E-state index contributed by atoms with van der Waals surface area (Å²) < 4.78 is 0. The van der Waals surface area contributed by atoms with Crippen molar-refractivity contribution in [2.75, 3.05) is 11.4 Å². The summed E-state index contributed by atoms with van der Waals surface area (Å²) in [6.45, 7) is 2.73. The first-order valence-corrected chi connectivity index (χ1v) is 7.23. The van der Waals surface area contributed by atoms with Crippen LogP contribution in [0.25, 0.3) is 0 Å². The number of amides is 1. The molecule has 20 heavy (non-hydrogen) atoms. The SMILES string of the molecule is CCN1C(=O)[C@H](Cc2ccc(Cl)cc2)c2ccccc21. The van der Waals surface area contributed by atoms with Crippen molar-refractivity contribution in [1.29, 1.82) is 0 Å². The van der Waals surface area contributed by atoms with Gasteiger partial charge in [0.25, 0.3) is 0 Å². The van der Waals surface area contributed by atoms with Gasteiger partial charge in [-0.15, -0.1) is 0 Å². The van der Waals surface area contributed by atoms with Gasteiger partial charge >= 0.3 is 0 Å². The molecule has 0 aliphatic carbocycles. The standard InChI is InChI=1S/C17H16ClNO/c1-2-19-16-6-4-3-5-14(16)15(17(19)20)11-12-7-9-13(18)10-8-12/h3-10,15H,2,11H2,1H3/t15-/m1/s1. The molecule has 2 aromatic carbocycles. The van der Waals surface area contributed by atoms with E-state index in [4.69, 9.17) is 11.6 Å². The highest BCUT2D eigenvalue weighted by Crippen LogP contribution is 2.38. The molecule has 1 aliphatic heterocycles. The third-order valence-electron chi connectivity index (χ3n) is 3.84. The van der Waals surface area contributed by atoms with Crippen LogP contribution < -0.4 is 4.90 Å². The molecule has 1 amide bonds. The maximum absolute atomic E-state index is 12.6. The van der Waals surface area contributed by atoms with Gasteiger partial charge in [-0.05, 0) is 42.7 Å². The van der Waals surface area contributed by atoms with E-state index < -0.39 is 0 Å². The lowest BCUT2D eigenvalue weighted by Gasteiger charge is -2.15. The van der Waals surface area contributed by atoms with E-state index in [0.717, 1.165) is 28.3 Å². The molecule has 2 aromatic rings. The van der Waals surface area contributed by atoms with Crippen LogP contribution in [-0.4, -0.2) is 12.5 Å². The number of carbonyl (C=O) groups is 1. The fourth-order valence-electron chi connectivity index (χ4n) is 2.85. The molecule has 1 heterocycles. The first-order valence-electron chi connectivity index (χ1n) is 6.85. The molecule has 0 saturated carbocycles. The quantitative estimate of drug-likeness (QED) is 0.834. The molecule has 0 spiro atoms. The summed E-state index contributed by atoms with van der Waals surface area (Å²) in [6, 6.07) is 15.8. The van der Waals surface area contributed by atoms with E-state index in [1.165, 1.54) is 0 Å². The zero-order valence-electron chi connectivity index (χ0n) is 11.3. The lowest BCUT2D eigenvalue weighted by Crippen LogP contribution is -2.29. The van der Waals surface area contributed by atoms with Crippen LogP contribution in [0.2, 0.25) is 5.02 Å². The van der Waals surface area contributed by atoms with E-state index in [9.17, 15) is 4.79 Å². The van der Waals surface area contributed by atoms with Crippen molar-refractivity contribution in [3.05, 3.63) is 64.7 Å². The highest BCUT2D eigenvalue weighted by Gasteiger charge is 2.35. The number of para-hydroxylation sites is 1. The van der Waals surface area contributed by atoms with Gasteiger partial charge in [0, 0.05) is 17.3 Å². The van der Waals surface area contributed by atoms with Crippen LogP contribution in [0.3, 0.4) is 0 Å². The van der Waals surface area contributed by atoms with Gasteiger partial charge in [-0.25, -0.2) is 0 Å². The number of nitrogens with zero attached hydrogens (tertiary/aromatic N) is 1. The van der Waals surface area contributed by atoms with Crippen LogP contribution >= 0.6 is 11.6 Å². The van der Waals surface area contributed by atoms with Gasteiger partial charge in [0.1, 0.15) is 0 Å². The number of anilines is 1. The van der Waals surface area contributed by atoms with Gasteiger partial charge in [-0.1, -0.05) is 41.9 Å². The number of benzene rings is 2. The van der Waals surface area contributed by atoms with Crippen molar-refractivity contribution in [2.45, 2.75) is 19.3 Å². The molecule has 0 saturated heterocycles. The summed E-state index contributed by atoms with van der Waals surface area (Å²) >= 11 is 5.91. The van der Waals surface area contributed by atoms with Crippen LogP contribution in [0.15, 0.2) is 48.5 Å². The molecule has 1 atom stereocenters. The van der Waals surface area contributed by atoms with E-state index in [1.807, 2.05) is 54.3 Å². The summed E-state index contributed by atoms with van der Waals surface area (Å²) in [6.07, 6.45) is 0.726. The number of hydrogen-bond acceptors (Lipinski definition) is 1. The Morgan fingerprint density at radius 2 is 1.80 bits per heavy atom. The van der Waals surface area contributed by atoms with Crippen LogP contribution in [0.1, 0.15) is 24.0 Å². The molecule has 2 nitrogen and oxygen atoms in total. The lowest BCUT2D eigenvalue weighted by atomic mass is 9.93. The van der Waals surface area contributed by atoms with Crippen molar-refractivity contribution < 1.29 is 4.79 Å². The Morgan fingerprint density at radius 1 is 1.10 bits per heavy atom. The Bertz CT molecular complexity index is 636. The largest absolute Gasteiger partial charge is 0.312 e. The maximum atomic E-state index is 12.6. The Balaban J connectivity index is 1.94. The van der Waals surface area contributed by atoms with Crippen LogP contribution in [0.4, 0.5) is 5.69 Å². The average molecular weight is 286 g/mol. The van der Waals surface area contributed by atoms with E-state index in [1.54, 1.807) is 0 Å². The Labute approximate surface area is 124 Å². The smallest absolute Gasteiger partial charge is 0.234 e. The summed E-state index contributed by atoms with van der Waals surface area (Å²) in [7, 11) is 0. The second kappa shape index (κ2) is 5.29. The van der Waals surface area contributed by atoms with Gasteiger partial charge in [-0.3, -0.25) is 4.79 Å². The number of carbonyl (C=O) groups excluding carboxylic acids is 1. The molecule has 0 bridgehead atoms. The minimum Gasteiger partial charge on any atom is -0.312 e. The van der Waals surface area contributed by atoms with Gasteiger partial charge in [0.05, 0.1) is 5.92 Å². The van der Waals surface area contributed by atoms with E-state index in [0.29, 0.717) is 6.54 Å². The predicted molar refractivity (Wildman–Crippen MR) is 82.4 cm³/mol. The van der Waals surface area contributed by atoms with Crippen LogP contribution in [0.5, 0.6) is 0 Å². The molecular weight excluding hydrogens is 270 g/mol. The second-order valence-electron chi connectivity index (χ2n) is 5.02. The van der Waals surface area contributed by atoms with Gasteiger partial charge in [-0.2, -0.15) is 0 Å². The number of likely N-dealkylation sites (N-methyl/N-ethyl adjacent to an activating group) is 1. The van der Waals surface area contributed by atoms with Crippen LogP contribution in [-0.2, 0) is 11.2 Å². The zero-order valence-corrected chi connectivity index (χ0v) is 12.1. The second-order valence-corrected chi connectivity index (χ2v) is 5.46. The Morgan fingerprint density at radius 3 is 2.50 bits per heavy atom. The predicted octanol–water partition coefficient (Wildman–Crippen LogP) is 4.03. The molecular formula is C17H16ClNO. The molecule has 0 N–H and O–H groups in total. The Hall–Kier alpha value is -1.80. The topological polar surface area (TPSA) is 20.3 Å². The third kappa shape index (κ3) is 2.20. The molecule has 1 aliphatic rings. The molecule has 102 valence electrons. The first kappa shape index (κ1) is 13.2. The number of rotatable bonds is 3. The van der Waals surface area contributed by atoms with Crippen molar-refractivity contribution in [1.82, 2.24) is 0 Å². The highest BCUT2D eigenvalue weighted by atomic mass is 35.5. The Kier molecular flexibility index (Phi) is 3.49. The van der Waals surface area contributed by atoms with Crippen molar-refractivity contribution in [3.63, 3.8) is 0 Å². The van der Waals surface area contributed by atoms with Gasteiger partial charge < -0.3 is 4.90 Å². The monoisotopic (exact) mass is 285 g/mol. The fourth-order valence-corrected chi connectivity index (χ4v) is 2.97. The minimum atomic E-state index is -0.0766. The molecule has 0 radical (unpaired) electrons. The van der Waals surface area contributed by atoms with Crippen molar-refractivity contribution >= 4 is 23.2 Å². The number of fused-ring (bicyclic) bond motifs is 1. The normalized spacial score (nSPS) is 17.4. The minimum absolute atomic E-state index is 0.0766. The summed E-state index contributed by atoms with van der Waals surface area (Å²) in [4.78, 5) is 14.4. The van der Waals surface area contributed by atoms with E-state index >= 15 is 0 Å². The summed E-state index contributed by atoms with van der Waals surface area (Å²) in [5.74, 6) is 0.121. The van der Waals surface area contributed by atoms with E-state index in [-0.39, 0.29) is 11.8 Å². The number of halogens is 1. The first-order chi connectivity index (χ1) is 9.70. The third-order valence-corrected chi connectivity index (χ3v) is 4.09. The van der Waals surface area contributed by atoms with Gasteiger partial charge in [0.15, 0.2) is 0 Å². The highest BCUT2D eigenvalue weighted by molar-refractivity contribution is 6.30. The summed E-state index contributed by atoms with van der Waals surface area (Å²) in [5, 5.41) is 0.724. The lowest BCUT2D eigenvalue weighted by molar-refractivity contribution is -0.119. The van der Waals surface area contributed by atoms with Crippen LogP contribution in [0, 0.1) is 0 Å². The zero-order chi connectivity index (χ0) is 14.1. The molecule has 0 fully saturated rings. The number of hydrogen-bond donors (Lipinski definition) is 0. The fraction of sp³-hybridized carbons (Fsp3) is 0.235. The van der Waals surface area contributed by atoms with E-state index in [2.05, 4.69) is 6.07 Å². The average Bonchev–Trinajstić information content (AvgIpc) is 2.74. The molecule has 0 unspecified atom stereocenters. The van der Waals surface area contributed by atoms with Gasteiger partial charge in [0.2, 0.25) is 5.91 Å². The maximum Gasteiger partial charge on any atom is 0.234 e. The molecule has 3 rings (SSSR count).